The van der Waals surface area contributed by atoms with E-state index in [1.807, 2.05) is 18.2 Å². The van der Waals surface area contributed by atoms with Crippen LogP contribution in [0.15, 0.2) is 18.2 Å². The van der Waals surface area contributed by atoms with Gasteiger partial charge in [-0.3, -0.25) is 0 Å². The highest BCUT2D eigenvalue weighted by Gasteiger charge is 2.31. The third-order valence-corrected chi connectivity index (χ3v) is 6.91. The van der Waals surface area contributed by atoms with Crippen molar-refractivity contribution < 1.29 is 13.2 Å². The molecule has 3 rings (SSSR count). The molecule has 1 aliphatic heterocycles. The number of rotatable bonds is 6. The summed E-state index contributed by atoms with van der Waals surface area (Å²) in [7, 11) is -0.135. The van der Waals surface area contributed by atoms with Gasteiger partial charge in [-0.15, -0.1) is 0 Å². The van der Waals surface area contributed by atoms with E-state index in [0.29, 0.717) is 32.2 Å². The Morgan fingerprint density at radius 2 is 2.00 bits per heavy atom. The van der Waals surface area contributed by atoms with E-state index in [2.05, 4.69) is 8.75 Å². The molecule has 0 radical (unpaired) electrons. The van der Waals surface area contributed by atoms with Crippen molar-refractivity contribution in [3.05, 3.63) is 23.8 Å². The van der Waals surface area contributed by atoms with Gasteiger partial charge in [-0.25, -0.2) is 0 Å². The minimum Gasteiger partial charge on any atom is -0.384 e. The molecule has 1 fully saturated rings. The van der Waals surface area contributed by atoms with E-state index in [1.54, 1.807) is 18.5 Å². The number of aromatic nitrogens is 2. The fourth-order valence-corrected chi connectivity index (χ4v) is 4.90. The molecule has 0 atom stereocenters. The molecule has 1 saturated heterocycles. The van der Waals surface area contributed by atoms with Gasteiger partial charge in [0.15, 0.2) is 0 Å². The lowest BCUT2D eigenvalue weighted by Gasteiger charge is -2.33. The summed E-state index contributed by atoms with van der Waals surface area (Å²) in [5.41, 5.74) is 2.56. The molecular weight excluding hydrogens is 348 g/mol. The summed E-state index contributed by atoms with van der Waals surface area (Å²) in [6, 6.07) is 5.68. The minimum absolute atomic E-state index is 0.327. The van der Waals surface area contributed by atoms with Crippen molar-refractivity contribution in [3.63, 3.8) is 0 Å². The van der Waals surface area contributed by atoms with Crippen molar-refractivity contribution in [1.82, 2.24) is 17.4 Å². The van der Waals surface area contributed by atoms with Crippen molar-refractivity contribution >= 4 is 33.0 Å². The van der Waals surface area contributed by atoms with Gasteiger partial charge in [-0.2, -0.15) is 25.8 Å². The Morgan fingerprint density at radius 1 is 1.29 bits per heavy atom. The number of hydrogen-bond acceptors (Lipinski definition) is 6. The molecule has 0 aliphatic carbocycles. The Kier molecular flexibility index (Phi) is 5.46. The third-order valence-electron chi connectivity index (χ3n) is 4.42. The molecule has 9 heteroatoms. The van der Waals surface area contributed by atoms with Crippen molar-refractivity contribution in [1.29, 1.82) is 0 Å². The molecule has 0 unspecified atom stereocenters. The second-order valence-electron chi connectivity index (χ2n) is 6.15. The molecule has 1 aliphatic rings. The molecule has 2 heterocycles. The van der Waals surface area contributed by atoms with Crippen LogP contribution in [0.2, 0.25) is 0 Å². The zero-order valence-electron chi connectivity index (χ0n) is 13.9. The van der Waals surface area contributed by atoms with Gasteiger partial charge in [-0.1, -0.05) is 6.07 Å². The Morgan fingerprint density at radius 3 is 2.71 bits per heavy atom. The average Bonchev–Trinajstić information content (AvgIpc) is 3.03. The fraction of sp³-hybridized carbons (Fsp3) is 0.600. The van der Waals surface area contributed by atoms with E-state index in [-0.39, 0.29) is 0 Å². The van der Waals surface area contributed by atoms with Crippen LogP contribution < -0.4 is 0 Å². The SMILES string of the molecule is COCC1CCN(S(=O)(=O)N(C)Cc2ccc3nsnc3c2)CC1. The molecule has 0 bridgehead atoms. The van der Waals surface area contributed by atoms with E-state index in [9.17, 15) is 8.42 Å². The lowest BCUT2D eigenvalue weighted by Crippen LogP contribution is -2.45. The Bertz CT molecular complexity index is 785. The number of ether oxygens (including phenoxy) is 1. The fourth-order valence-electron chi connectivity index (χ4n) is 3.00. The highest BCUT2D eigenvalue weighted by atomic mass is 32.2. The van der Waals surface area contributed by atoms with Crippen LogP contribution in [0.1, 0.15) is 18.4 Å². The van der Waals surface area contributed by atoms with Crippen LogP contribution in [0.25, 0.3) is 11.0 Å². The maximum atomic E-state index is 12.8. The van der Waals surface area contributed by atoms with Crippen LogP contribution in [0, 0.1) is 5.92 Å². The molecule has 0 saturated carbocycles. The molecular formula is C15H22N4O3S2. The monoisotopic (exact) mass is 370 g/mol. The predicted molar refractivity (Wildman–Crippen MR) is 94.0 cm³/mol. The molecule has 2 aromatic rings. The van der Waals surface area contributed by atoms with Crippen molar-refractivity contribution in [2.24, 2.45) is 5.92 Å². The molecule has 24 heavy (non-hydrogen) atoms. The number of fused-ring (bicyclic) bond motifs is 1. The van der Waals surface area contributed by atoms with Gasteiger partial charge in [0.2, 0.25) is 0 Å². The van der Waals surface area contributed by atoms with E-state index in [0.717, 1.165) is 41.2 Å². The molecule has 0 N–H and O–H groups in total. The smallest absolute Gasteiger partial charge is 0.282 e. The number of piperidine rings is 1. The van der Waals surface area contributed by atoms with Gasteiger partial charge in [0, 0.05) is 40.4 Å². The summed E-state index contributed by atoms with van der Waals surface area (Å²) >= 11 is 1.16. The van der Waals surface area contributed by atoms with Gasteiger partial charge in [0.05, 0.1) is 11.7 Å². The number of hydrogen-bond donors (Lipinski definition) is 0. The van der Waals surface area contributed by atoms with Gasteiger partial charge < -0.3 is 4.74 Å². The first-order valence-corrected chi connectivity index (χ1v) is 10.0. The standard InChI is InChI=1S/C15H22N4O3S2/c1-18(10-13-3-4-14-15(9-13)17-23-16-14)24(20,21)19-7-5-12(6-8-19)11-22-2/h3-4,9,12H,5-8,10-11H2,1-2H3. The first-order chi connectivity index (χ1) is 11.5. The number of methoxy groups -OCH3 is 1. The van der Waals surface area contributed by atoms with Crippen LogP contribution in [-0.4, -0.2) is 59.6 Å². The minimum atomic E-state index is -3.45. The highest BCUT2D eigenvalue weighted by molar-refractivity contribution is 7.86. The lowest BCUT2D eigenvalue weighted by molar-refractivity contribution is 0.120. The normalized spacial score (nSPS) is 17.8. The van der Waals surface area contributed by atoms with Crippen LogP contribution in [0.3, 0.4) is 0 Å². The topological polar surface area (TPSA) is 75.6 Å². The van der Waals surface area contributed by atoms with Gasteiger partial charge in [0.1, 0.15) is 11.0 Å². The summed E-state index contributed by atoms with van der Waals surface area (Å²) < 4.78 is 42.0. The second kappa shape index (κ2) is 7.40. The first kappa shape index (κ1) is 17.7. The number of nitrogens with zero attached hydrogens (tertiary/aromatic N) is 4. The van der Waals surface area contributed by atoms with Crippen molar-refractivity contribution in [3.8, 4) is 0 Å². The van der Waals surface area contributed by atoms with E-state index in [1.165, 1.54) is 4.31 Å². The van der Waals surface area contributed by atoms with Gasteiger partial charge >= 0.3 is 0 Å². The summed E-state index contributed by atoms with van der Waals surface area (Å²) in [5, 5.41) is 0. The van der Waals surface area contributed by atoms with E-state index >= 15 is 0 Å². The Balaban J connectivity index is 1.65. The van der Waals surface area contributed by atoms with Crippen molar-refractivity contribution in [2.75, 3.05) is 33.9 Å². The zero-order valence-corrected chi connectivity index (χ0v) is 15.5. The van der Waals surface area contributed by atoms with E-state index in [4.69, 9.17) is 4.74 Å². The van der Waals surface area contributed by atoms with Crippen LogP contribution in [-0.2, 0) is 21.5 Å². The van der Waals surface area contributed by atoms with Crippen LogP contribution >= 0.6 is 11.7 Å². The Hall–Kier alpha value is -1.13. The quantitative estimate of drug-likeness (QED) is 0.774. The van der Waals surface area contributed by atoms with Crippen LogP contribution in [0.4, 0.5) is 0 Å². The first-order valence-electron chi connectivity index (χ1n) is 7.92. The molecule has 1 aromatic heterocycles. The largest absolute Gasteiger partial charge is 0.384 e. The number of benzene rings is 1. The molecule has 7 nitrogen and oxygen atoms in total. The van der Waals surface area contributed by atoms with E-state index < -0.39 is 10.2 Å². The summed E-state index contributed by atoms with van der Waals surface area (Å²) in [6.45, 7) is 2.13. The lowest BCUT2D eigenvalue weighted by atomic mass is 9.99. The third kappa shape index (κ3) is 3.75. The average molecular weight is 371 g/mol. The molecule has 1 aromatic carbocycles. The maximum Gasteiger partial charge on any atom is 0.282 e. The molecule has 0 amide bonds. The van der Waals surface area contributed by atoms with Gasteiger partial charge in [0.25, 0.3) is 10.2 Å². The summed E-state index contributed by atoms with van der Waals surface area (Å²) in [6.07, 6.45) is 1.69. The predicted octanol–water partition coefficient (Wildman–Crippen LogP) is 1.73. The molecule has 132 valence electrons. The summed E-state index contributed by atoms with van der Waals surface area (Å²) in [5.74, 6) is 0.450. The van der Waals surface area contributed by atoms with Gasteiger partial charge in [-0.05, 0) is 36.5 Å². The van der Waals surface area contributed by atoms with Crippen LogP contribution in [0.5, 0.6) is 0 Å². The highest BCUT2D eigenvalue weighted by Crippen LogP contribution is 2.22. The molecule has 0 spiro atoms. The Labute approximate surface area is 146 Å². The summed E-state index contributed by atoms with van der Waals surface area (Å²) in [4.78, 5) is 0. The zero-order chi connectivity index (χ0) is 17.2. The van der Waals surface area contributed by atoms with Crippen molar-refractivity contribution in [2.45, 2.75) is 19.4 Å². The maximum absolute atomic E-state index is 12.8. The second-order valence-corrected chi connectivity index (χ2v) is 8.71.